The molecule has 3 saturated heterocycles. The first-order chi connectivity index (χ1) is 15.5. The van der Waals surface area contributed by atoms with E-state index >= 15 is 0 Å². The quantitative estimate of drug-likeness (QED) is 0.698. The minimum Gasteiger partial charge on any atom is -0.444 e. The Morgan fingerprint density at radius 1 is 1.12 bits per heavy atom. The second-order valence-corrected chi connectivity index (χ2v) is 10.2. The highest BCUT2D eigenvalue weighted by atomic mass is 19.1. The van der Waals surface area contributed by atoms with Gasteiger partial charge in [-0.2, -0.15) is 0 Å². The summed E-state index contributed by atoms with van der Waals surface area (Å²) in [7, 11) is 0. The number of rotatable bonds is 3. The van der Waals surface area contributed by atoms with Gasteiger partial charge in [0, 0.05) is 51.7 Å². The van der Waals surface area contributed by atoms with E-state index in [0.717, 1.165) is 31.7 Å². The summed E-state index contributed by atoms with van der Waals surface area (Å²) in [6, 6.07) is 3.59. The fourth-order valence-electron chi connectivity index (χ4n) is 4.77. The molecule has 1 unspecified atom stereocenters. The van der Waals surface area contributed by atoms with Gasteiger partial charge in [-0.1, -0.05) is 0 Å². The largest absolute Gasteiger partial charge is 0.444 e. The number of halogens is 1. The van der Waals surface area contributed by atoms with Crippen LogP contribution in [0.4, 0.5) is 14.9 Å². The average molecular weight is 461 g/mol. The van der Waals surface area contributed by atoms with Crippen LogP contribution < -0.4 is 10.2 Å². The molecule has 0 aromatic heterocycles. The second-order valence-electron chi connectivity index (χ2n) is 10.2. The zero-order valence-electron chi connectivity index (χ0n) is 19.8. The highest BCUT2D eigenvalue weighted by Gasteiger charge is 2.37. The number of anilines is 1. The first kappa shape index (κ1) is 23.5. The van der Waals surface area contributed by atoms with Gasteiger partial charge in [0.05, 0.1) is 11.6 Å². The van der Waals surface area contributed by atoms with Gasteiger partial charge in [-0.15, -0.1) is 0 Å². The number of carbonyl (C=O) groups excluding carboxylic acids is 3. The van der Waals surface area contributed by atoms with E-state index in [-0.39, 0.29) is 30.1 Å². The van der Waals surface area contributed by atoms with Crippen molar-refractivity contribution < 1.29 is 23.5 Å². The van der Waals surface area contributed by atoms with Crippen molar-refractivity contribution in [1.29, 1.82) is 0 Å². The summed E-state index contributed by atoms with van der Waals surface area (Å²) < 4.78 is 20.4. The van der Waals surface area contributed by atoms with Crippen molar-refractivity contribution >= 4 is 23.6 Å². The first-order valence-corrected chi connectivity index (χ1v) is 11.6. The molecular formula is C24H33FN4O4. The van der Waals surface area contributed by atoms with Gasteiger partial charge in [0.15, 0.2) is 0 Å². The van der Waals surface area contributed by atoms with Crippen molar-refractivity contribution in [3.8, 4) is 0 Å². The summed E-state index contributed by atoms with van der Waals surface area (Å²) >= 11 is 0. The predicted octanol–water partition coefficient (Wildman–Crippen LogP) is 2.40. The summed E-state index contributed by atoms with van der Waals surface area (Å²) in [5.41, 5.74) is 1.55. The van der Waals surface area contributed by atoms with Crippen molar-refractivity contribution in [2.45, 2.75) is 58.1 Å². The summed E-state index contributed by atoms with van der Waals surface area (Å²) in [4.78, 5) is 42.0. The first-order valence-electron chi connectivity index (χ1n) is 11.6. The molecule has 3 aliphatic heterocycles. The standard InChI is InChI=1S/C24H33FN4O4/c1-15-11-20(19(25)12-18(15)17-5-6-21(30)26-22(17)31)29-13-16(14-29)27-7-9-28(10-8-27)23(32)33-24(2,3)4/h11-12,16-17H,5-10,13-14H2,1-4H3,(H,26,30,31). The minimum absolute atomic E-state index is 0.272. The van der Waals surface area contributed by atoms with Crippen LogP contribution in [0.15, 0.2) is 12.1 Å². The highest BCUT2D eigenvalue weighted by Crippen LogP contribution is 2.34. The number of nitrogens with zero attached hydrogens (tertiary/aromatic N) is 3. The van der Waals surface area contributed by atoms with Crippen LogP contribution >= 0.6 is 0 Å². The van der Waals surface area contributed by atoms with Crippen LogP contribution in [0.3, 0.4) is 0 Å². The lowest BCUT2D eigenvalue weighted by atomic mass is 9.87. The van der Waals surface area contributed by atoms with E-state index in [0.29, 0.717) is 36.8 Å². The number of carbonyl (C=O) groups is 3. The van der Waals surface area contributed by atoms with Gasteiger partial charge < -0.3 is 14.5 Å². The molecule has 0 aliphatic carbocycles. The van der Waals surface area contributed by atoms with E-state index in [4.69, 9.17) is 4.74 Å². The molecule has 0 saturated carbocycles. The van der Waals surface area contributed by atoms with Crippen molar-refractivity contribution in [3.05, 3.63) is 29.1 Å². The van der Waals surface area contributed by atoms with Crippen molar-refractivity contribution in [3.63, 3.8) is 0 Å². The molecule has 9 heteroatoms. The Bertz CT molecular complexity index is 947. The van der Waals surface area contributed by atoms with Crippen LogP contribution in [0.2, 0.25) is 0 Å². The van der Waals surface area contributed by atoms with Gasteiger partial charge >= 0.3 is 6.09 Å². The lowest BCUT2D eigenvalue weighted by Gasteiger charge is -2.49. The Balaban J connectivity index is 1.32. The highest BCUT2D eigenvalue weighted by molar-refractivity contribution is 6.01. The maximum absolute atomic E-state index is 15.0. The van der Waals surface area contributed by atoms with Gasteiger partial charge in [-0.3, -0.25) is 19.8 Å². The van der Waals surface area contributed by atoms with E-state index in [9.17, 15) is 18.8 Å². The summed E-state index contributed by atoms with van der Waals surface area (Å²) in [6.45, 7) is 11.7. The normalized spacial score (nSPS) is 22.8. The molecule has 33 heavy (non-hydrogen) atoms. The van der Waals surface area contributed by atoms with E-state index in [1.807, 2.05) is 38.7 Å². The molecule has 0 radical (unpaired) electrons. The number of imide groups is 1. The molecule has 3 amide bonds. The number of hydrogen-bond acceptors (Lipinski definition) is 6. The van der Waals surface area contributed by atoms with Crippen LogP contribution in [-0.4, -0.2) is 78.6 Å². The number of amides is 3. The van der Waals surface area contributed by atoms with Crippen LogP contribution in [0.5, 0.6) is 0 Å². The molecular weight excluding hydrogens is 427 g/mol. The monoisotopic (exact) mass is 460 g/mol. The zero-order chi connectivity index (χ0) is 23.9. The molecule has 0 bridgehead atoms. The summed E-state index contributed by atoms with van der Waals surface area (Å²) in [6.07, 6.45) is 0.408. The third-order valence-corrected chi connectivity index (χ3v) is 6.64. The number of ether oxygens (including phenoxy) is 1. The Labute approximate surface area is 194 Å². The number of hydrogen-bond donors (Lipinski definition) is 1. The molecule has 1 aromatic rings. The van der Waals surface area contributed by atoms with Gasteiger partial charge in [0.25, 0.3) is 0 Å². The fraction of sp³-hybridized carbons (Fsp3) is 0.625. The SMILES string of the molecule is Cc1cc(N2CC(N3CCN(C(=O)OC(C)(C)C)CC3)C2)c(F)cc1C1CCC(=O)NC1=O. The molecule has 1 atom stereocenters. The minimum atomic E-state index is -0.501. The van der Waals surface area contributed by atoms with Crippen LogP contribution in [-0.2, 0) is 14.3 Å². The Kier molecular flexibility index (Phi) is 6.35. The average Bonchev–Trinajstić information content (AvgIpc) is 2.69. The van der Waals surface area contributed by atoms with Crippen LogP contribution in [0, 0.1) is 12.7 Å². The molecule has 0 spiro atoms. The molecule has 4 rings (SSSR count). The van der Waals surface area contributed by atoms with E-state index in [1.165, 1.54) is 6.07 Å². The Morgan fingerprint density at radius 3 is 2.39 bits per heavy atom. The van der Waals surface area contributed by atoms with Gasteiger partial charge in [-0.05, 0) is 57.4 Å². The molecule has 8 nitrogen and oxygen atoms in total. The van der Waals surface area contributed by atoms with Crippen LogP contribution in [0.1, 0.15) is 50.7 Å². The van der Waals surface area contributed by atoms with Crippen molar-refractivity contribution in [2.24, 2.45) is 0 Å². The smallest absolute Gasteiger partial charge is 0.410 e. The Morgan fingerprint density at radius 2 is 1.79 bits per heavy atom. The molecule has 180 valence electrons. The lowest BCUT2D eigenvalue weighted by Crippen LogP contribution is -2.63. The maximum atomic E-state index is 15.0. The topological polar surface area (TPSA) is 82.2 Å². The fourth-order valence-corrected chi connectivity index (χ4v) is 4.77. The predicted molar refractivity (Wildman–Crippen MR) is 122 cm³/mol. The lowest BCUT2D eigenvalue weighted by molar-refractivity contribution is -0.134. The molecule has 1 N–H and O–H groups in total. The number of aryl methyl sites for hydroxylation is 1. The summed E-state index contributed by atoms with van der Waals surface area (Å²) in [5, 5.41) is 2.35. The van der Waals surface area contributed by atoms with Gasteiger partial charge in [-0.25, -0.2) is 9.18 Å². The third kappa shape index (κ3) is 5.13. The van der Waals surface area contributed by atoms with Crippen LogP contribution in [0.25, 0.3) is 0 Å². The van der Waals surface area contributed by atoms with Gasteiger partial charge in [0.2, 0.25) is 11.8 Å². The zero-order valence-corrected chi connectivity index (χ0v) is 19.8. The number of piperazine rings is 1. The Hall–Kier alpha value is -2.68. The number of piperidine rings is 1. The maximum Gasteiger partial charge on any atom is 0.410 e. The molecule has 3 aliphatic rings. The molecule has 1 aromatic carbocycles. The van der Waals surface area contributed by atoms with Gasteiger partial charge in [0.1, 0.15) is 11.4 Å². The van der Waals surface area contributed by atoms with E-state index in [2.05, 4.69) is 10.2 Å². The second kappa shape index (κ2) is 8.93. The van der Waals surface area contributed by atoms with Crippen molar-refractivity contribution in [1.82, 2.24) is 15.1 Å². The molecule has 3 fully saturated rings. The van der Waals surface area contributed by atoms with Crippen molar-refractivity contribution in [2.75, 3.05) is 44.2 Å². The third-order valence-electron chi connectivity index (χ3n) is 6.64. The molecule has 3 heterocycles. The number of nitrogens with one attached hydrogen (secondary N) is 1. The van der Waals surface area contributed by atoms with E-state index < -0.39 is 11.5 Å². The number of benzene rings is 1. The summed E-state index contributed by atoms with van der Waals surface area (Å²) in [5.74, 6) is -1.45. The van der Waals surface area contributed by atoms with E-state index in [1.54, 1.807) is 4.90 Å².